The summed E-state index contributed by atoms with van der Waals surface area (Å²) in [6, 6.07) is 13.4. The molecule has 2 aromatic carbocycles. The molecule has 1 amide bonds. The lowest BCUT2D eigenvalue weighted by Crippen LogP contribution is -2.21. The molecule has 1 N–H and O–H groups in total. The van der Waals surface area contributed by atoms with E-state index in [-0.39, 0.29) is 13.0 Å². The van der Waals surface area contributed by atoms with Crippen LogP contribution >= 0.6 is 11.3 Å². The molecule has 128 valence electrons. The average molecular weight is 354 g/mol. The number of esters is 1. The molecule has 0 bridgehead atoms. The third kappa shape index (κ3) is 4.42. The van der Waals surface area contributed by atoms with Crippen molar-refractivity contribution >= 4 is 38.6 Å². The minimum absolute atomic E-state index is 0.147. The summed E-state index contributed by atoms with van der Waals surface area (Å²) < 4.78 is 6.04. The first kappa shape index (κ1) is 17.1. The number of fused-ring (bicyclic) bond motifs is 1. The Hall–Kier alpha value is -2.73. The Bertz CT molecular complexity index is 919. The first-order valence-electron chi connectivity index (χ1n) is 7.88. The van der Waals surface area contributed by atoms with Gasteiger partial charge in [0.2, 0.25) is 0 Å². The summed E-state index contributed by atoms with van der Waals surface area (Å²) >= 11 is 1.41. The number of carbonyl (C=O) groups excluding carboxylic acids is 2. The molecule has 6 heteroatoms. The highest BCUT2D eigenvalue weighted by Gasteiger charge is 2.12. The van der Waals surface area contributed by atoms with Crippen LogP contribution < -0.4 is 5.32 Å². The fraction of sp³-hybridized carbons (Fsp3) is 0.211. The molecule has 25 heavy (non-hydrogen) atoms. The van der Waals surface area contributed by atoms with E-state index in [1.54, 1.807) is 0 Å². The predicted molar refractivity (Wildman–Crippen MR) is 98.8 cm³/mol. The minimum atomic E-state index is -0.433. The molecule has 0 atom stereocenters. The summed E-state index contributed by atoms with van der Waals surface area (Å²) in [5.74, 6) is -0.827. The van der Waals surface area contributed by atoms with E-state index < -0.39 is 11.9 Å². The van der Waals surface area contributed by atoms with Crippen molar-refractivity contribution in [3.63, 3.8) is 0 Å². The number of ether oxygens (including phenoxy) is 1. The summed E-state index contributed by atoms with van der Waals surface area (Å²) in [7, 11) is 0. The lowest BCUT2D eigenvalue weighted by atomic mass is 10.1. The van der Waals surface area contributed by atoms with Crippen molar-refractivity contribution in [2.75, 3.05) is 11.9 Å². The fourth-order valence-corrected chi connectivity index (χ4v) is 3.60. The number of anilines is 1. The van der Waals surface area contributed by atoms with Crippen molar-refractivity contribution in [2.45, 2.75) is 20.3 Å². The van der Waals surface area contributed by atoms with Crippen LogP contribution in [-0.4, -0.2) is 23.5 Å². The van der Waals surface area contributed by atoms with Crippen LogP contribution in [-0.2, 0) is 20.7 Å². The highest BCUT2D eigenvalue weighted by molar-refractivity contribution is 7.22. The lowest BCUT2D eigenvalue weighted by molar-refractivity contribution is -0.146. The smallest absolute Gasteiger partial charge is 0.310 e. The molecule has 1 aromatic heterocycles. The van der Waals surface area contributed by atoms with Gasteiger partial charge in [-0.15, -0.1) is 0 Å². The van der Waals surface area contributed by atoms with Gasteiger partial charge in [0.1, 0.15) is 0 Å². The summed E-state index contributed by atoms with van der Waals surface area (Å²) in [5.41, 5.74) is 3.96. The zero-order valence-electron chi connectivity index (χ0n) is 14.0. The van der Waals surface area contributed by atoms with Gasteiger partial charge in [0.15, 0.2) is 11.7 Å². The molecule has 1 heterocycles. The fourth-order valence-electron chi connectivity index (χ4n) is 2.54. The van der Waals surface area contributed by atoms with E-state index in [0.29, 0.717) is 5.13 Å². The third-order valence-electron chi connectivity index (χ3n) is 3.63. The number of hydrogen-bond acceptors (Lipinski definition) is 5. The first-order valence-corrected chi connectivity index (χ1v) is 8.70. The zero-order valence-corrected chi connectivity index (χ0v) is 14.9. The average Bonchev–Trinajstić information content (AvgIpc) is 2.96. The molecule has 0 aliphatic heterocycles. The maximum Gasteiger partial charge on any atom is 0.310 e. The molecule has 0 unspecified atom stereocenters. The van der Waals surface area contributed by atoms with Crippen molar-refractivity contribution < 1.29 is 14.3 Å². The summed E-state index contributed by atoms with van der Waals surface area (Å²) in [4.78, 5) is 28.2. The third-order valence-corrected chi connectivity index (χ3v) is 4.55. The molecule has 5 nitrogen and oxygen atoms in total. The molecule has 0 saturated heterocycles. The van der Waals surface area contributed by atoms with Gasteiger partial charge in [-0.05, 0) is 36.6 Å². The van der Waals surface area contributed by atoms with E-state index in [0.717, 1.165) is 26.9 Å². The zero-order chi connectivity index (χ0) is 17.8. The number of aryl methyl sites for hydroxylation is 2. The van der Waals surface area contributed by atoms with Crippen LogP contribution in [0.25, 0.3) is 10.2 Å². The van der Waals surface area contributed by atoms with Gasteiger partial charge in [-0.2, -0.15) is 0 Å². The van der Waals surface area contributed by atoms with Crippen LogP contribution in [0.3, 0.4) is 0 Å². The Labute approximate surface area is 149 Å². The number of carbonyl (C=O) groups is 2. The molecule has 3 rings (SSSR count). The molecule has 0 radical (unpaired) electrons. The molecule has 0 spiro atoms. The number of rotatable bonds is 5. The van der Waals surface area contributed by atoms with E-state index in [1.165, 1.54) is 11.3 Å². The van der Waals surface area contributed by atoms with Gasteiger partial charge < -0.3 is 4.74 Å². The number of nitrogens with zero attached hydrogens (tertiary/aromatic N) is 1. The lowest BCUT2D eigenvalue weighted by Gasteiger charge is -2.04. The number of amides is 1. The minimum Gasteiger partial charge on any atom is -0.455 e. The largest absolute Gasteiger partial charge is 0.455 e. The molecular weight excluding hydrogens is 336 g/mol. The van der Waals surface area contributed by atoms with Crippen molar-refractivity contribution in [1.29, 1.82) is 0 Å². The SMILES string of the molecule is Cc1cc(C)c2nc(NC(=O)COC(=O)Cc3ccccc3)sc2c1. The molecule has 0 aliphatic carbocycles. The van der Waals surface area contributed by atoms with Gasteiger partial charge >= 0.3 is 5.97 Å². The van der Waals surface area contributed by atoms with E-state index in [9.17, 15) is 9.59 Å². The standard InChI is InChI=1S/C19H18N2O3S/c1-12-8-13(2)18-15(9-12)25-19(21-18)20-16(22)11-24-17(23)10-14-6-4-3-5-7-14/h3-9H,10-11H2,1-2H3,(H,20,21,22). The number of benzene rings is 2. The Balaban J connectivity index is 1.56. The molecule has 0 saturated carbocycles. The maximum atomic E-state index is 12.0. The quantitative estimate of drug-likeness (QED) is 0.710. The van der Waals surface area contributed by atoms with Crippen molar-refractivity contribution in [2.24, 2.45) is 0 Å². The van der Waals surface area contributed by atoms with Crippen molar-refractivity contribution in [3.8, 4) is 0 Å². The van der Waals surface area contributed by atoms with Crippen LogP contribution in [0.5, 0.6) is 0 Å². The normalized spacial score (nSPS) is 10.6. The predicted octanol–water partition coefficient (Wildman–Crippen LogP) is 3.64. The molecule has 0 fully saturated rings. The molecule has 0 aliphatic rings. The Kier molecular flexibility index (Phi) is 5.09. The van der Waals surface area contributed by atoms with Crippen LogP contribution in [0.2, 0.25) is 0 Å². The number of hydrogen-bond donors (Lipinski definition) is 1. The second kappa shape index (κ2) is 7.44. The van der Waals surface area contributed by atoms with Crippen LogP contribution in [0.4, 0.5) is 5.13 Å². The Morgan fingerprint density at radius 3 is 2.68 bits per heavy atom. The summed E-state index contributed by atoms with van der Waals surface area (Å²) in [5, 5.41) is 3.20. The van der Waals surface area contributed by atoms with Crippen molar-refractivity contribution in [1.82, 2.24) is 4.98 Å². The maximum absolute atomic E-state index is 12.0. The van der Waals surface area contributed by atoms with Gasteiger partial charge in [0, 0.05) is 0 Å². The summed E-state index contributed by atoms with van der Waals surface area (Å²) in [6.45, 7) is 3.70. The summed E-state index contributed by atoms with van der Waals surface area (Å²) in [6.07, 6.45) is 0.147. The van der Waals surface area contributed by atoms with Crippen LogP contribution in [0.1, 0.15) is 16.7 Å². The van der Waals surface area contributed by atoms with Gasteiger partial charge in [-0.3, -0.25) is 14.9 Å². The first-order chi connectivity index (χ1) is 12.0. The van der Waals surface area contributed by atoms with E-state index in [2.05, 4.69) is 16.4 Å². The van der Waals surface area contributed by atoms with Crippen molar-refractivity contribution in [3.05, 3.63) is 59.2 Å². The van der Waals surface area contributed by atoms with E-state index in [1.807, 2.05) is 50.2 Å². The number of aromatic nitrogens is 1. The molecular formula is C19H18N2O3S. The highest BCUT2D eigenvalue weighted by Crippen LogP contribution is 2.29. The second-order valence-electron chi connectivity index (χ2n) is 5.82. The highest BCUT2D eigenvalue weighted by atomic mass is 32.1. The van der Waals surface area contributed by atoms with Crippen LogP contribution in [0, 0.1) is 13.8 Å². The van der Waals surface area contributed by atoms with Gasteiger partial charge in [0.25, 0.3) is 5.91 Å². The van der Waals surface area contributed by atoms with E-state index in [4.69, 9.17) is 4.74 Å². The van der Waals surface area contributed by atoms with Crippen LogP contribution in [0.15, 0.2) is 42.5 Å². The topological polar surface area (TPSA) is 68.3 Å². The van der Waals surface area contributed by atoms with Gasteiger partial charge in [0.05, 0.1) is 16.6 Å². The monoisotopic (exact) mass is 354 g/mol. The number of thiazole rings is 1. The Morgan fingerprint density at radius 1 is 1.16 bits per heavy atom. The second-order valence-corrected chi connectivity index (χ2v) is 6.85. The van der Waals surface area contributed by atoms with Gasteiger partial charge in [-0.1, -0.05) is 47.7 Å². The number of nitrogens with one attached hydrogen (secondary N) is 1. The van der Waals surface area contributed by atoms with Gasteiger partial charge in [-0.25, -0.2) is 4.98 Å². The van der Waals surface area contributed by atoms with E-state index >= 15 is 0 Å². The Morgan fingerprint density at radius 2 is 1.92 bits per heavy atom. The molecule has 3 aromatic rings.